The molecule has 0 N–H and O–H groups in total. The molecule has 0 heterocycles. The molecule has 0 fully saturated rings. The van der Waals surface area contributed by atoms with Crippen molar-refractivity contribution in [3.8, 4) is 0 Å². The van der Waals surface area contributed by atoms with Crippen molar-refractivity contribution in [2.75, 3.05) is 0 Å². The monoisotopic (exact) mass is 92.0 g/mol. The molecule has 2 heteroatoms. The van der Waals surface area contributed by atoms with E-state index in [1.165, 1.54) is 0 Å². The summed E-state index contributed by atoms with van der Waals surface area (Å²) in [6.45, 7) is 4.60. The summed E-state index contributed by atoms with van der Waals surface area (Å²) in [6, 6.07) is 0. The van der Waals surface area contributed by atoms with Crippen molar-refractivity contribution in [3.63, 3.8) is 0 Å². The molecular formula is C3H3KN-. The Hall–Kier alpha value is 1.05. The summed E-state index contributed by atoms with van der Waals surface area (Å²) in [5, 5.41) is 7.57. The second-order valence-electron chi connectivity index (χ2n) is 0.342. The molecule has 0 saturated carbocycles. The van der Waals surface area contributed by atoms with Gasteiger partial charge in [-0.2, -0.15) is 0 Å². The van der Waals surface area contributed by atoms with Crippen LogP contribution in [0.4, 0.5) is 0 Å². The van der Waals surface area contributed by atoms with E-state index in [1.807, 2.05) is 0 Å². The molecule has 0 aliphatic heterocycles. The van der Waals surface area contributed by atoms with Gasteiger partial charge in [0.25, 0.3) is 0 Å². The molecule has 0 aromatic carbocycles. The summed E-state index contributed by atoms with van der Waals surface area (Å²) in [6.07, 6.45) is 1.83. The molecule has 0 unspecified atom stereocenters. The van der Waals surface area contributed by atoms with Gasteiger partial charge in [-0.1, -0.05) is 0 Å². The van der Waals surface area contributed by atoms with Crippen LogP contribution in [0.15, 0.2) is 6.08 Å². The van der Waals surface area contributed by atoms with Gasteiger partial charge in [0, 0.05) is 0 Å². The van der Waals surface area contributed by atoms with Gasteiger partial charge in [0.1, 0.15) is 0 Å². The maximum Gasteiger partial charge on any atom is 1.00 e. The van der Waals surface area contributed by atoms with E-state index in [-0.39, 0.29) is 51.4 Å². The summed E-state index contributed by atoms with van der Waals surface area (Å²) < 4.78 is 0. The second-order valence-corrected chi connectivity index (χ2v) is 0.342. The summed E-state index contributed by atoms with van der Waals surface area (Å²) in [5.74, 6) is 0. The molecule has 0 bridgehead atoms. The Labute approximate surface area is 74.4 Å². The van der Waals surface area contributed by atoms with Crippen LogP contribution in [-0.2, 0) is 0 Å². The number of hydrogen-bond acceptors (Lipinski definition) is 0. The zero-order chi connectivity index (χ0) is 3.41. The molecule has 0 radical (unpaired) electrons. The Bertz CT molecular complexity index is 27.9. The molecule has 0 amide bonds. The van der Waals surface area contributed by atoms with Crippen molar-refractivity contribution in [3.05, 3.63) is 18.1 Å². The van der Waals surface area contributed by atoms with Gasteiger partial charge >= 0.3 is 51.4 Å². The molecule has 0 rings (SSSR count). The predicted molar refractivity (Wildman–Crippen MR) is 18.3 cm³/mol. The zero-order valence-corrected chi connectivity index (χ0v) is 6.30. The largest absolute Gasteiger partial charge is 1.00 e. The topological polar surface area (TPSA) is 22.3 Å². The SMILES string of the molecule is [CH-]=CC=[N-].[K+]. The van der Waals surface area contributed by atoms with Crippen molar-refractivity contribution in [1.29, 1.82) is 0 Å². The maximum absolute atomic E-state index is 7.57. The third-order valence-corrected chi connectivity index (χ3v) is 0.0861. The van der Waals surface area contributed by atoms with Gasteiger partial charge in [-0.3, -0.25) is 12.7 Å². The zero-order valence-electron chi connectivity index (χ0n) is 3.18. The van der Waals surface area contributed by atoms with Crippen LogP contribution in [0, 0.1) is 6.58 Å². The van der Waals surface area contributed by atoms with E-state index < -0.39 is 0 Å². The molecule has 22 valence electrons. The van der Waals surface area contributed by atoms with Crippen LogP contribution >= 0.6 is 0 Å². The van der Waals surface area contributed by atoms with Crippen LogP contribution in [0.25, 0.3) is 5.41 Å². The molecule has 0 aromatic rings. The third-order valence-electron chi connectivity index (χ3n) is 0.0861. The number of nitrogens with zero attached hydrogens (tertiary/aromatic N) is 1. The molecule has 5 heavy (non-hydrogen) atoms. The van der Waals surface area contributed by atoms with Crippen molar-refractivity contribution in [2.24, 2.45) is 0 Å². The van der Waals surface area contributed by atoms with Gasteiger partial charge in [0.15, 0.2) is 0 Å². The Kier molecular flexibility index (Phi) is 16.7. The van der Waals surface area contributed by atoms with Gasteiger partial charge in [-0.25, -0.2) is 0 Å². The molecule has 0 aromatic heterocycles. The van der Waals surface area contributed by atoms with Crippen LogP contribution in [0.5, 0.6) is 0 Å². The second kappa shape index (κ2) is 8.90. The van der Waals surface area contributed by atoms with E-state index in [1.54, 1.807) is 0 Å². The van der Waals surface area contributed by atoms with E-state index in [2.05, 4.69) is 6.58 Å². The fraction of sp³-hybridized carbons (Fsp3) is 0. The first-order valence-corrected chi connectivity index (χ1v) is 0.925. The molecule has 0 spiro atoms. The summed E-state index contributed by atoms with van der Waals surface area (Å²) in [7, 11) is 0. The minimum atomic E-state index is 0. The van der Waals surface area contributed by atoms with Gasteiger partial charge in [-0.15, -0.1) is 0 Å². The Morgan fingerprint density at radius 3 is 1.80 bits per heavy atom. The van der Waals surface area contributed by atoms with E-state index >= 15 is 0 Å². The van der Waals surface area contributed by atoms with Crippen molar-refractivity contribution >= 4 is 6.21 Å². The number of allylic oxidation sites excluding steroid dienone is 1. The van der Waals surface area contributed by atoms with Crippen LogP contribution in [-0.4, -0.2) is 6.21 Å². The predicted octanol–water partition coefficient (Wildman–Crippen LogP) is -2.38. The van der Waals surface area contributed by atoms with Crippen molar-refractivity contribution < 1.29 is 51.4 Å². The molecule has 0 atom stereocenters. The normalized spacial score (nSPS) is 4.00. The quantitative estimate of drug-likeness (QED) is 0.196. The van der Waals surface area contributed by atoms with Gasteiger partial charge in [0.05, 0.1) is 0 Å². The van der Waals surface area contributed by atoms with Crippen LogP contribution in [0.2, 0.25) is 0 Å². The number of rotatable bonds is 1. The third kappa shape index (κ3) is 11.2. The first-order chi connectivity index (χ1) is 1.91. The van der Waals surface area contributed by atoms with Crippen LogP contribution in [0.1, 0.15) is 0 Å². The smallest absolute Gasteiger partial charge is 0.911 e. The van der Waals surface area contributed by atoms with Crippen molar-refractivity contribution in [2.45, 2.75) is 0 Å². The van der Waals surface area contributed by atoms with Crippen molar-refractivity contribution in [1.82, 2.24) is 0 Å². The summed E-state index contributed by atoms with van der Waals surface area (Å²) in [5.41, 5.74) is 0. The van der Waals surface area contributed by atoms with E-state index in [9.17, 15) is 0 Å². The minimum Gasteiger partial charge on any atom is -0.911 e. The molecule has 0 aliphatic rings. The van der Waals surface area contributed by atoms with Gasteiger partial charge in [-0.05, 0) is 0 Å². The summed E-state index contributed by atoms with van der Waals surface area (Å²) >= 11 is 0. The summed E-state index contributed by atoms with van der Waals surface area (Å²) in [4.78, 5) is 0. The van der Waals surface area contributed by atoms with E-state index in [0.717, 1.165) is 12.3 Å². The first-order valence-electron chi connectivity index (χ1n) is 0.925. The van der Waals surface area contributed by atoms with Crippen LogP contribution < -0.4 is 51.4 Å². The standard InChI is InChI=1S/C3H3N.K/c1-2-3-4;/h1-3H;/q-2;+1. The Balaban J connectivity index is 0. The maximum atomic E-state index is 7.57. The molecule has 0 saturated heterocycles. The average molecular weight is 92.2 g/mol. The van der Waals surface area contributed by atoms with Gasteiger partial charge < -0.3 is 11.6 Å². The van der Waals surface area contributed by atoms with E-state index in [4.69, 9.17) is 5.41 Å². The molecule has 1 nitrogen and oxygen atoms in total. The average Bonchev–Trinajstić information content (AvgIpc) is 1.37. The molecule has 0 aliphatic carbocycles. The first kappa shape index (κ1) is 9.40. The van der Waals surface area contributed by atoms with Gasteiger partial charge in [0.2, 0.25) is 0 Å². The Morgan fingerprint density at radius 2 is 1.80 bits per heavy atom. The number of hydrogen-bond donors (Lipinski definition) is 0. The Morgan fingerprint density at radius 1 is 1.60 bits per heavy atom. The van der Waals surface area contributed by atoms with E-state index in [0.29, 0.717) is 0 Å². The molecular weight excluding hydrogens is 89.1 g/mol. The fourth-order valence-electron chi connectivity index (χ4n) is 0. The van der Waals surface area contributed by atoms with Crippen LogP contribution in [0.3, 0.4) is 0 Å². The fourth-order valence-corrected chi connectivity index (χ4v) is 0. The minimum absolute atomic E-state index is 0.